The monoisotopic (exact) mass is 236 g/mol. The molecule has 0 aromatic heterocycles. The summed E-state index contributed by atoms with van der Waals surface area (Å²) in [6, 6.07) is 5.95. The molecule has 0 spiro atoms. The summed E-state index contributed by atoms with van der Waals surface area (Å²) in [5.41, 5.74) is 0.243. The molecule has 3 nitrogen and oxygen atoms in total. The van der Waals surface area contributed by atoms with Crippen molar-refractivity contribution in [2.75, 3.05) is 13.6 Å². The topological polar surface area (TPSA) is 45.0 Å². The van der Waals surface area contributed by atoms with Crippen molar-refractivity contribution in [3.05, 3.63) is 29.6 Å². The quantitative estimate of drug-likeness (QED) is 0.825. The van der Waals surface area contributed by atoms with E-state index in [-0.39, 0.29) is 11.7 Å². The number of hydrogen-bond acceptors (Lipinski definition) is 3. The fourth-order valence-corrected chi connectivity index (χ4v) is 1.52. The van der Waals surface area contributed by atoms with Crippen LogP contribution < -0.4 is 10.1 Å². The van der Waals surface area contributed by atoms with Gasteiger partial charge in [0.05, 0.1) is 11.7 Å². The molecule has 1 N–H and O–H groups in total. The van der Waals surface area contributed by atoms with Gasteiger partial charge in [-0.05, 0) is 44.6 Å². The van der Waals surface area contributed by atoms with Gasteiger partial charge in [-0.25, -0.2) is 4.39 Å². The Morgan fingerprint density at radius 1 is 1.53 bits per heavy atom. The molecule has 92 valence electrons. The van der Waals surface area contributed by atoms with Crippen molar-refractivity contribution >= 4 is 0 Å². The van der Waals surface area contributed by atoms with Crippen LogP contribution in [0.3, 0.4) is 0 Å². The predicted octanol–water partition coefficient (Wildman–Crippen LogP) is 2.46. The summed E-state index contributed by atoms with van der Waals surface area (Å²) in [5.74, 6) is 0.0361. The van der Waals surface area contributed by atoms with E-state index in [1.165, 1.54) is 18.2 Å². The Morgan fingerprint density at radius 2 is 2.29 bits per heavy atom. The number of hydrogen-bond donors (Lipinski definition) is 1. The van der Waals surface area contributed by atoms with Gasteiger partial charge >= 0.3 is 0 Å². The second-order valence-corrected chi connectivity index (χ2v) is 3.79. The van der Waals surface area contributed by atoms with Gasteiger partial charge in [0.25, 0.3) is 0 Å². The van der Waals surface area contributed by atoms with Gasteiger partial charge < -0.3 is 10.1 Å². The molecule has 0 heterocycles. The molecule has 0 aliphatic heterocycles. The Morgan fingerprint density at radius 3 is 2.88 bits per heavy atom. The lowest BCUT2D eigenvalue weighted by Gasteiger charge is -2.18. The molecule has 0 aliphatic carbocycles. The summed E-state index contributed by atoms with van der Waals surface area (Å²) in [4.78, 5) is 0. The van der Waals surface area contributed by atoms with Gasteiger partial charge in [-0.1, -0.05) is 6.92 Å². The van der Waals surface area contributed by atoms with Crippen LogP contribution in [0.4, 0.5) is 4.39 Å². The second-order valence-electron chi connectivity index (χ2n) is 3.79. The molecule has 0 saturated heterocycles. The van der Waals surface area contributed by atoms with E-state index in [4.69, 9.17) is 10.00 Å². The van der Waals surface area contributed by atoms with E-state index in [2.05, 4.69) is 5.32 Å². The summed E-state index contributed by atoms with van der Waals surface area (Å²) in [7, 11) is 1.88. The Kier molecular flexibility index (Phi) is 5.44. The van der Waals surface area contributed by atoms with Gasteiger partial charge in [-0.3, -0.25) is 0 Å². The highest BCUT2D eigenvalue weighted by Crippen LogP contribution is 2.21. The molecule has 0 saturated carbocycles. The van der Waals surface area contributed by atoms with E-state index in [0.717, 1.165) is 19.4 Å². The zero-order chi connectivity index (χ0) is 12.7. The summed E-state index contributed by atoms with van der Waals surface area (Å²) < 4.78 is 18.7. The number of benzene rings is 1. The van der Waals surface area contributed by atoms with Gasteiger partial charge in [0.1, 0.15) is 17.6 Å². The average molecular weight is 236 g/mol. The minimum absolute atomic E-state index is 0.0417. The van der Waals surface area contributed by atoms with Gasteiger partial charge in [0, 0.05) is 0 Å². The lowest BCUT2D eigenvalue weighted by atomic mass is 10.1. The van der Waals surface area contributed by atoms with Gasteiger partial charge in [-0.15, -0.1) is 0 Å². The Bertz CT molecular complexity index is 401. The highest BCUT2D eigenvalue weighted by atomic mass is 19.1. The maximum absolute atomic E-state index is 12.9. The number of nitriles is 1. The summed E-state index contributed by atoms with van der Waals surface area (Å²) in [6.45, 7) is 2.87. The van der Waals surface area contributed by atoms with E-state index in [9.17, 15) is 4.39 Å². The molecule has 4 heteroatoms. The third-order valence-corrected chi connectivity index (χ3v) is 2.53. The van der Waals surface area contributed by atoms with Crippen LogP contribution in [-0.4, -0.2) is 19.7 Å². The fourth-order valence-electron chi connectivity index (χ4n) is 1.52. The normalized spacial score (nSPS) is 11.9. The number of ether oxygens (including phenoxy) is 1. The van der Waals surface area contributed by atoms with Crippen molar-refractivity contribution in [1.29, 1.82) is 5.26 Å². The van der Waals surface area contributed by atoms with E-state index < -0.39 is 5.82 Å². The first kappa shape index (κ1) is 13.5. The first-order valence-electron chi connectivity index (χ1n) is 5.72. The van der Waals surface area contributed by atoms with Crippen LogP contribution in [0.25, 0.3) is 0 Å². The van der Waals surface area contributed by atoms with Gasteiger partial charge in [0.15, 0.2) is 0 Å². The molecule has 1 rings (SSSR count). The third kappa shape index (κ3) is 4.04. The molecule has 1 atom stereocenters. The van der Waals surface area contributed by atoms with E-state index in [1.807, 2.05) is 20.0 Å². The van der Waals surface area contributed by atoms with Crippen molar-refractivity contribution in [3.8, 4) is 11.8 Å². The average Bonchev–Trinajstić information content (AvgIpc) is 2.35. The molecular weight excluding hydrogens is 219 g/mol. The van der Waals surface area contributed by atoms with Gasteiger partial charge in [0.2, 0.25) is 0 Å². The molecule has 1 aromatic rings. The summed E-state index contributed by atoms with van der Waals surface area (Å²) >= 11 is 0. The maximum Gasteiger partial charge on any atom is 0.137 e. The van der Waals surface area contributed by atoms with E-state index in [1.54, 1.807) is 0 Å². The first-order chi connectivity index (χ1) is 8.21. The SMILES string of the molecule is CCC(CCNC)Oc1ccc(F)cc1C#N. The second kappa shape index (κ2) is 6.87. The van der Waals surface area contributed by atoms with Crippen LogP contribution in [0.15, 0.2) is 18.2 Å². The third-order valence-electron chi connectivity index (χ3n) is 2.53. The molecule has 1 unspecified atom stereocenters. The largest absolute Gasteiger partial charge is 0.489 e. The van der Waals surface area contributed by atoms with Crippen LogP contribution in [0, 0.1) is 17.1 Å². The van der Waals surface area contributed by atoms with E-state index >= 15 is 0 Å². The fraction of sp³-hybridized carbons (Fsp3) is 0.462. The summed E-state index contributed by atoms with van der Waals surface area (Å²) in [5, 5.41) is 11.9. The van der Waals surface area contributed by atoms with Crippen molar-refractivity contribution in [2.45, 2.75) is 25.9 Å². The smallest absolute Gasteiger partial charge is 0.137 e. The Hall–Kier alpha value is -1.60. The molecular formula is C13H17FN2O. The Labute approximate surface area is 101 Å². The Balaban J connectivity index is 2.75. The van der Waals surface area contributed by atoms with Crippen molar-refractivity contribution in [3.63, 3.8) is 0 Å². The predicted molar refractivity (Wildman–Crippen MR) is 64.4 cm³/mol. The van der Waals surface area contributed by atoms with Crippen molar-refractivity contribution in [2.24, 2.45) is 0 Å². The molecule has 0 radical (unpaired) electrons. The molecule has 1 aromatic carbocycles. The van der Waals surface area contributed by atoms with Crippen LogP contribution in [0.5, 0.6) is 5.75 Å². The minimum Gasteiger partial charge on any atom is -0.489 e. The molecule has 0 fully saturated rings. The van der Waals surface area contributed by atoms with E-state index in [0.29, 0.717) is 5.75 Å². The van der Waals surface area contributed by atoms with Gasteiger partial charge in [-0.2, -0.15) is 5.26 Å². The van der Waals surface area contributed by atoms with Crippen LogP contribution >= 0.6 is 0 Å². The zero-order valence-corrected chi connectivity index (χ0v) is 10.2. The highest BCUT2D eigenvalue weighted by molar-refractivity contribution is 5.43. The van der Waals surface area contributed by atoms with Crippen LogP contribution in [-0.2, 0) is 0 Å². The lowest BCUT2D eigenvalue weighted by Crippen LogP contribution is -2.22. The van der Waals surface area contributed by atoms with Crippen molar-refractivity contribution in [1.82, 2.24) is 5.32 Å². The molecule has 17 heavy (non-hydrogen) atoms. The maximum atomic E-state index is 12.9. The minimum atomic E-state index is -0.419. The zero-order valence-electron chi connectivity index (χ0n) is 10.2. The lowest BCUT2D eigenvalue weighted by molar-refractivity contribution is 0.186. The van der Waals surface area contributed by atoms with Crippen molar-refractivity contribution < 1.29 is 9.13 Å². The molecule has 0 amide bonds. The number of nitrogens with zero attached hydrogens (tertiary/aromatic N) is 1. The number of rotatable bonds is 6. The number of nitrogens with one attached hydrogen (secondary N) is 1. The summed E-state index contributed by atoms with van der Waals surface area (Å²) in [6.07, 6.45) is 1.75. The molecule has 0 aliphatic rings. The standard InChI is InChI=1S/C13H17FN2O/c1-3-12(6-7-16-2)17-13-5-4-11(14)8-10(13)9-15/h4-5,8,12,16H,3,6-7H2,1-2H3. The number of halogens is 1. The van der Waals surface area contributed by atoms with Crippen LogP contribution in [0.2, 0.25) is 0 Å². The highest BCUT2D eigenvalue weighted by Gasteiger charge is 2.11. The molecule has 0 bridgehead atoms. The first-order valence-corrected chi connectivity index (χ1v) is 5.72. The van der Waals surface area contributed by atoms with Crippen LogP contribution in [0.1, 0.15) is 25.3 Å².